The van der Waals surface area contributed by atoms with Gasteiger partial charge in [-0.25, -0.2) is 8.42 Å². The standard InChI is InChI=1S/C20H26N2O2S/c1-14-6-9-17(10-7-14)25(23,24)22(5)16-8-11-19-18(12-16)15(2)13-20(3,4)21-19/h6-12,15,21H,13H2,1-5H3. The summed E-state index contributed by atoms with van der Waals surface area (Å²) < 4.78 is 27.2. The molecule has 0 bridgehead atoms. The second kappa shape index (κ2) is 6.06. The van der Waals surface area contributed by atoms with Crippen molar-refractivity contribution in [3.63, 3.8) is 0 Å². The van der Waals surface area contributed by atoms with Gasteiger partial charge in [0, 0.05) is 18.3 Å². The van der Waals surface area contributed by atoms with Crippen LogP contribution in [0.5, 0.6) is 0 Å². The van der Waals surface area contributed by atoms with Gasteiger partial charge in [0.25, 0.3) is 10.0 Å². The van der Waals surface area contributed by atoms with E-state index in [1.54, 1.807) is 19.2 Å². The third kappa shape index (κ3) is 3.38. The molecule has 1 aliphatic rings. The van der Waals surface area contributed by atoms with Crippen LogP contribution in [0.2, 0.25) is 0 Å². The fraction of sp³-hybridized carbons (Fsp3) is 0.400. The molecule has 1 unspecified atom stereocenters. The number of hydrogen-bond donors (Lipinski definition) is 1. The maximum absolute atomic E-state index is 12.9. The molecule has 1 aliphatic heterocycles. The molecule has 25 heavy (non-hydrogen) atoms. The summed E-state index contributed by atoms with van der Waals surface area (Å²) in [6.45, 7) is 8.52. The van der Waals surface area contributed by atoms with Gasteiger partial charge in [-0.3, -0.25) is 4.31 Å². The van der Waals surface area contributed by atoms with Gasteiger partial charge in [-0.1, -0.05) is 24.6 Å². The van der Waals surface area contributed by atoms with E-state index in [0.29, 0.717) is 16.5 Å². The van der Waals surface area contributed by atoms with Crippen molar-refractivity contribution in [2.75, 3.05) is 16.7 Å². The Hall–Kier alpha value is -2.01. The number of sulfonamides is 1. The summed E-state index contributed by atoms with van der Waals surface area (Å²) in [5.41, 5.74) is 4.04. The highest BCUT2D eigenvalue weighted by Crippen LogP contribution is 2.40. The van der Waals surface area contributed by atoms with Crippen LogP contribution in [0.1, 0.15) is 44.2 Å². The van der Waals surface area contributed by atoms with Crippen LogP contribution in [0.3, 0.4) is 0 Å². The van der Waals surface area contributed by atoms with Crippen molar-refractivity contribution in [3.05, 3.63) is 53.6 Å². The van der Waals surface area contributed by atoms with Crippen molar-refractivity contribution in [1.29, 1.82) is 0 Å². The Kier molecular flexibility index (Phi) is 4.31. The molecule has 4 nitrogen and oxygen atoms in total. The monoisotopic (exact) mass is 358 g/mol. The van der Waals surface area contributed by atoms with Gasteiger partial charge >= 0.3 is 0 Å². The first-order chi connectivity index (χ1) is 11.6. The first-order valence-electron chi connectivity index (χ1n) is 8.58. The SMILES string of the molecule is Cc1ccc(S(=O)(=O)N(C)c2ccc3c(c2)C(C)CC(C)(C)N3)cc1. The molecule has 134 valence electrons. The van der Waals surface area contributed by atoms with E-state index in [9.17, 15) is 8.42 Å². The molecular weight excluding hydrogens is 332 g/mol. The summed E-state index contributed by atoms with van der Waals surface area (Å²) in [6, 6.07) is 12.8. The molecule has 2 aromatic carbocycles. The van der Waals surface area contributed by atoms with Gasteiger partial charge in [-0.05, 0) is 69.0 Å². The summed E-state index contributed by atoms with van der Waals surface area (Å²) >= 11 is 0. The largest absolute Gasteiger partial charge is 0.380 e. The van der Waals surface area contributed by atoms with Crippen LogP contribution < -0.4 is 9.62 Å². The van der Waals surface area contributed by atoms with Crippen LogP contribution in [-0.4, -0.2) is 21.0 Å². The van der Waals surface area contributed by atoms with E-state index in [0.717, 1.165) is 17.7 Å². The van der Waals surface area contributed by atoms with E-state index >= 15 is 0 Å². The number of benzene rings is 2. The predicted octanol–water partition coefficient (Wildman–Crippen LogP) is 4.52. The molecule has 5 heteroatoms. The maximum Gasteiger partial charge on any atom is 0.264 e. The zero-order valence-electron chi connectivity index (χ0n) is 15.5. The molecule has 1 heterocycles. The van der Waals surface area contributed by atoms with Crippen LogP contribution in [0, 0.1) is 6.92 Å². The first-order valence-corrected chi connectivity index (χ1v) is 10.0. The van der Waals surface area contributed by atoms with Crippen LogP contribution >= 0.6 is 0 Å². The second-order valence-corrected chi connectivity index (χ2v) is 9.64. The highest BCUT2D eigenvalue weighted by atomic mass is 32.2. The van der Waals surface area contributed by atoms with Gasteiger partial charge in [-0.15, -0.1) is 0 Å². The molecule has 0 aromatic heterocycles. The Balaban J connectivity index is 1.97. The van der Waals surface area contributed by atoms with Crippen LogP contribution in [-0.2, 0) is 10.0 Å². The fourth-order valence-electron chi connectivity index (χ4n) is 3.57. The zero-order valence-corrected chi connectivity index (χ0v) is 16.3. The third-order valence-corrected chi connectivity index (χ3v) is 6.70. The lowest BCUT2D eigenvalue weighted by Gasteiger charge is -2.38. The average molecular weight is 359 g/mol. The van der Waals surface area contributed by atoms with Crippen molar-refractivity contribution in [1.82, 2.24) is 0 Å². The van der Waals surface area contributed by atoms with Gasteiger partial charge in [-0.2, -0.15) is 0 Å². The van der Waals surface area contributed by atoms with E-state index in [4.69, 9.17) is 0 Å². The summed E-state index contributed by atoms with van der Waals surface area (Å²) in [4.78, 5) is 0.311. The molecule has 0 fully saturated rings. The Morgan fingerprint density at radius 2 is 1.76 bits per heavy atom. The maximum atomic E-state index is 12.9. The van der Waals surface area contributed by atoms with E-state index in [2.05, 4.69) is 26.1 Å². The van der Waals surface area contributed by atoms with Crippen LogP contribution in [0.4, 0.5) is 11.4 Å². The van der Waals surface area contributed by atoms with Gasteiger partial charge in [0.15, 0.2) is 0 Å². The summed E-state index contributed by atoms with van der Waals surface area (Å²) in [6.07, 6.45) is 1.01. The number of anilines is 2. The Labute approximate surface area is 150 Å². The molecule has 0 radical (unpaired) electrons. The lowest BCUT2D eigenvalue weighted by molar-refractivity contribution is 0.454. The lowest BCUT2D eigenvalue weighted by atomic mass is 9.82. The van der Waals surface area contributed by atoms with E-state index < -0.39 is 10.0 Å². The zero-order chi connectivity index (χ0) is 18.4. The molecule has 0 aliphatic carbocycles. The van der Waals surface area contributed by atoms with Gasteiger partial charge in [0.05, 0.1) is 10.6 Å². The van der Waals surface area contributed by atoms with Gasteiger partial charge in [0.2, 0.25) is 0 Å². The molecule has 2 aromatic rings. The molecule has 1 atom stereocenters. The molecule has 3 rings (SSSR count). The third-order valence-electron chi connectivity index (χ3n) is 4.90. The molecule has 1 N–H and O–H groups in total. The second-order valence-electron chi connectivity index (χ2n) is 7.67. The normalized spacial score (nSPS) is 19.0. The Bertz CT molecular complexity index is 886. The number of rotatable bonds is 3. The van der Waals surface area contributed by atoms with Crippen molar-refractivity contribution in [3.8, 4) is 0 Å². The summed E-state index contributed by atoms with van der Waals surface area (Å²) in [5, 5.41) is 3.54. The molecule has 0 saturated heterocycles. The minimum Gasteiger partial charge on any atom is -0.380 e. The fourth-order valence-corrected chi connectivity index (χ4v) is 4.75. The molecular formula is C20H26N2O2S. The molecule has 0 spiro atoms. The van der Waals surface area contributed by atoms with Crippen molar-refractivity contribution >= 4 is 21.4 Å². The summed E-state index contributed by atoms with van der Waals surface area (Å²) in [5.74, 6) is 0.377. The lowest BCUT2D eigenvalue weighted by Crippen LogP contribution is -2.36. The Morgan fingerprint density at radius 3 is 2.40 bits per heavy atom. The van der Waals surface area contributed by atoms with Crippen LogP contribution in [0.15, 0.2) is 47.4 Å². The van der Waals surface area contributed by atoms with Crippen molar-refractivity contribution < 1.29 is 8.42 Å². The first kappa shape index (κ1) is 17.8. The van der Waals surface area contributed by atoms with E-state index in [1.165, 1.54) is 9.87 Å². The van der Waals surface area contributed by atoms with Crippen LogP contribution in [0.25, 0.3) is 0 Å². The van der Waals surface area contributed by atoms with E-state index in [-0.39, 0.29) is 5.54 Å². The highest BCUT2D eigenvalue weighted by Gasteiger charge is 2.30. The topological polar surface area (TPSA) is 49.4 Å². The van der Waals surface area contributed by atoms with Crippen molar-refractivity contribution in [2.45, 2.75) is 50.5 Å². The average Bonchev–Trinajstić information content (AvgIpc) is 2.53. The van der Waals surface area contributed by atoms with Crippen molar-refractivity contribution in [2.24, 2.45) is 0 Å². The number of nitrogens with zero attached hydrogens (tertiary/aromatic N) is 1. The quantitative estimate of drug-likeness (QED) is 0.878. The minimum atomic E-state index is -3.56. The van der Waals surface area contributed by atoms with Gasteiger partial charge < -0.3 is 5.32 Å². The number of nitrogens with one attached hydrogen (secondary N) is 1. The number of fused-ring (bicyclic) bond motifs is 1. The minimum absolute atomic E-state index is 0.0494. The molecule has 0 saturated carbocycles. The predicted molar refractivity (Wildman–Crippen MR) is 104 cm³/mol. The number of hydrogen-bond acceptors (Lipinski definition) is 3. The Morgan fingerprint density at radius 1 is 1.12 bits per heavy atom. The van der Waals surface area contributed by atoms with Gasteiger partial charge in [0.1, 0.15) is 0 Å². The smallest absolute Gasteiger partial charge is 0.264 e. The number of aryl methyl sites for hydroxylation is 1. The molecule has 0 amide bonds. The highest BCUT2D eigenvalue weighted by molar-refractivity contribution is 7.92. The van der Waals surface area contributed by atoms with E-state index in [1.807, 2.05) is 37.3 Å². The summed E-state index contributed by atoms with van der Waals surface area (Å²) in [7, 11) is -1.95.